The van der Waals surface area contributed by atoms with E-state index in [0.29, 0.717) is 5.92 Å². The van der Waals surface area contributed by atoms with Gasteiger partial charge in [-0.3, -0.25) is 4.98 Å². The molecule has 0 radical (unpaired) electrons. The van der Waals surface area contributed by atoms with Crippen molar-refractivity contribution in [2.24, 2.45) is 5.92 Å². The van der Waals surface area contributed by atoms with Crippen molar-refractivity contribution in [2.45, 2.75) is 53.4 Å². The van der Waals surface area contributed by atoms with Crippen LogP contribution in [0.25, 0.3) is 23.9 Å². The summed E-state index contributed by atoms with van der Waals surface area (Å²) < 4.78 is 0. The maximum absolute atomic E-state index is 4.75. The van der Waals surface area contributed by atoms with Crippen LogP contribution in [0.15, 0.2) is 84.6 Å². The van der Waals surface area contributed by atoms with Crippen LogP contribution in [-0.4, -0.2) is 4.98 Å². The van der Waals surface area contributed by atoms with Crippen molar-refractivity contribution in [1.29, 1.82) is 0 Å². The highest BCUT2D eigenvalue weighted by atomic mass is 14.9. The molecule has 0 amide bonds. The smallest absolute Gasteiger partial charge is 0.0870 e. The summed E-state index contributed by atoms with van der Waals surface area (Å²) >= 11 is 0. The van der Waals surface area contributed by atoms with Gasteiger partial charge in [-0.1, -0.05) is 69.5 Å². The molecule has 176 valence electrons. The molecule has 0 aliphatic carbocycles. The Balaban J connectivity index is 2.01. The lowest BCUT2D eigenvalue weighted by Crippen LogP contribution is -2.24. The molecule has 2 nitrogen and oxygen atoms in total. The zero-order valence-corrected chi connectivity index (χ0v) is 21.2. The van der Waals surface area contributed by atoms with Gasteiger partial charge in [-0.15, -0.1) is 0 Å². The van der Waals surface area contributed by atoms with Gasteiger partial charge < -0.3 is 5.32 Å². The van der Waals surface area contributed by atoms with E-state index in [1.54, 1.807) is 0 Å². The van der Waals surface area contributed by atoms with Crippen molar-refractivity contribution in [3.8, 4) is 0 Å². The summed E-state index contributed by atoms with van der Waals surface area (Å²) in [5, 5.41) is 5.57. The van der Waals surface area contributed by atoms with Gasteiger partial charge in [0, 0.05) is 5.69 Å². The lowest BCUT2D eigenvalue weighted by atomic mass is 9.86. The fourth-order valence-corrected chi connectivity index (χ4v) is 4.44. The first kappa shape index (κ1) is 25.2. The third kappa shape index (κ3) is 5.94. The number of hydrogen-bond donors (Lipinski definition) is 1. The number of dihydropyridines is 1. The molecule has 1 aliphatic rings. The zero-order valence-electron chi connectivity index (χ0n) is 21.2. The molecular weight excluding hydrogens is 412 g/mol. The van der Waals surface area contributed by atoms with Crippen LogP contribution in [0, 0.1) is 12.8 Å². The average Bonchev–Trinajstić information content (AvgIpc) is 2.86. The summed E-state index contributed by atoms with van der Waals surface area (Å²) in [5.41, 5.74) is 9.08. The highest BCUT2D eigenvalue weighted by Crippen LogP contribution is 2.29. The minimum atomic E-state index is 0.473. The Kier molecular flexibility index (Phi) is 8.65. The number of pyridine rings is 1. The maximum Gasteiger partial charge on any atom is 0.0870 e. The van der Waals surface area contributed by atoms with Gasteiger partial charge in [-0.2, -0.15) is 0 Å². The summed E-state index contributed by atoms with van der Waals surface area (Å²) in [4.78, 5) is 4.75. The zero-order chi connectivity index (χ0) is 24.7. The van der Waals surface area contributed by atoms with E-state index in [1.165, 1.54) is 22.3 Å². The molecule has 1 aromatic carbocycles. The second-order valence-electron chi connectivity index (χ2n) is 9.00. The summed E-state index contributed by atoms with van der Waals surface area (Å²) in [6, 6.07) is 12.7. The van der Waals surface area contributed by atoms with E-state index >= 15 is 0 Å². The lowest BCUT2D eigenvalue weighted by molar-refractivity contribution is 0.575. The van der Waals surface area contributed by atoms with Gasteiger partial charge >= 0.3 is 0 Å². The van der Waals surface area contributed by atoms with Crippen LogP contribution < -0.4 is 15.8 Å². The predicted molar refractivity (Wildman–Crippen MR) is 149 cm³/mol. The molecule has 1 atom stereocenters. The van der Waals surface area contributed by atoms with Crippen molar-refractivity contribution in [3.05, 3.63) is 112 Å². The highest BCUT2D eigenvalue weighted by Gasteiger charge is 2.15. The molecule has 1 aliphatic heterocycles. The summed E-state index contributed by atoms with van der Waals surface area (Å²) in [6.45, 7) is 21.5. The number of aryl methyl sites for hydroxylation is 1. The quantitative estimate of drug-likeness (QED) is 0.334. The van der Waals surface area contributed by atoms with Crippen molar-refractivity contribution < 1.29 is 0 Å². The number of hydrogen-bond acceptors (Lipinski definition) is 2. The molecule has 2 aromatic rings. The van der Waals surface area contributed by atoms with Crippen LogP contribution in [0.1, 0.15) is 63.4 Å². The van der Waals surface area contributed by atoms with E-state index < -0.39 is 0 Å². The van der Waals surface area contributed by atoms with Crippen LogP contribution in [0.3, 0.4) is 0 Å². The Morgan fingerprint density at radius 1 is 1.18 bits per heavy atom. The number of nitrogens with one attached hydrogen (secondary N) is 1. The Labute approximate surface area is 205 Å². The van der Waals surface area contributed by atoms with Crippen molar-refractivity contribution in [3.63, 3.8) is 0 Å². The average molecular weight is 451 g/mol. The molecule has 0 saturated heterocycles. The first-order chi connectivity index (χ1) is 16.4. The lowest BCUT2D eigenvalue weighted by Gasteiger charge is -2.19. The molecule has 3 rings (SSSR count). The molecule has 34 heavy (non-hydrogen) atoms. The molecular formula is C32H38N2. The third-order valence-electron chi connectivity index (χ3n) is 6.66. The first-order valence-corrected chi connectivity index (χ1v) is 12.3. The number of benzene rings is 1. The van der Waals surface area contributed by atoms with E-state index in [1.807, 2.05) is 19.2 Å². The highest BCUT2D eigenvalue weighted by molar-refractivity contribution is 5.90. The standard InChI is InChI=1S/C32H38N2/c1-8-22(4)26(9-2)19-24(6)27(10-3)20-29-21-28(17-16-23(29)5)30-14-12-18-33-32(30)31-15-11-13-25(7)34-31/h10-13,15-18,20-21,26,33H,4-6,8-9,14,19H2,1-3,7H3/b27-10+,29-20-. The van der Waals surface area contributed by atoms with Gasteiger partial charge in [0.05, 0.1) is 11.4 Å². The summed E-state index contributed by atoms with van der Waals surface area (Å²) in [6.07, 6.45) is 12.4. The Hall–Kier alpha value is -3.39. The molecule has 2 heteroatoms. The molecule has 0 spiro atoms. The topological polar surface area (TPSA) is 24.9 Å². The number of aromatic nitrogens is 1. The Morgan fingerprint density at radius 2 is 1.97 bits per heavy atom. The van der Waals surface area contributed by atoms with Crippen LogP contribution in [0.4, 0.5) is 0 Å². The number of allylic oxidation sites excluding steroid dienone is 6. The van der Waals surface area contributed by atoms with Crippen molar-refractivity contribution in [2.75, 3.05) is 0 Å². The maximum atomic E-state index is 4.75. The fraction of sp³-hybridized carbons (Fsp3) is 0.281. The van der Waals surface area contributed by atoms with Gasteiger partial charge in [0.15, 0.2) is 0 Å². The predicted octanol–water partition coefficient (Wildman–Crippen LogP) is 6.84. The molecule has 1 aromatic heterocycles. The second-order valence-corrected chi connectivity index (χ2v) is 9.00. The normalized spacial score (nSPS) is 15.3. The van der Waals surface area contributed by atoms with Gasteiger partial charge in [0.25, 0.3) is 0 Å². The van der Waals surface area contributed by atoms with Crippen LogP contribution >= 0.6 is 0 Å². The van der Waals surface area contributed by atoms with Gasteiger partial charge in [0.1, 0.15) is 0 Å². The van der Waals surface area contributed by atoms with Crippen LogP contribution in [0.2, 0.25) is 0 Å². The van der Waals surface area contributed by atoms with E-state index in [9.17, 15) is 0 Å². The van der Waals surface area contributed by atoms with E-state index in [0.717, 1.165) is 58.8 Å². The monoisotopic (exact) mass is 450 g/mol. The third-order valence-corrected chi connectivity index (χ3v) is 6.66. The van der Waals surface area contributed by atoms with E-state index in [2.05, 4.69) is 94.4 Å². The molecule has 1 unspecified atom stereocenters. The van der Waals surface area contributed by atoms with E-state index in [4.69, 9.17) is 4.98 Å². The molecule has 2 heterocycles. The minimum Gasteiger partial charge on any atom is -0.360 e. The fourth-order valence-electron chi connectivity index (χ4n) is 4.44. The van der Waals surface area contributed by atoms with E-state index in [-0.39, 0.29) is 0 Å². The molecule has 1 N–H and O–H groups in total. The van der Waals surface area contributed by atoms with Crippen LogP contribution in [-0.2, 0) is 0 Å². The number of nitrogens with zero attached hydrogens (tertiary/aromatic N) is 1. The minimum absolute atomic E-state index is 0.473. The van der Waals surface area contributed by atoms with Crippen LogP contribution in [0.5, 0.6) is 0 Å². The summed E-state index contributed by atoms with van der Waals surface area (Å²) in [7, 11) is 0. The SMILES string of the molecule is C=C(CC(CC)C(=C)CC)C(/C=c1/cc(C2=C(c3cccc(C)n3)NC=CC2)ccc1=C)=C/C. The largest absolute Gasteiger partial charge is 0.360 e. The number of rotatable bonds is 9. The van der Waals surface area contributed by atoms with Gasteiger partial charge in [-0.05, 0) is 109 Å². The molecule has 0 fully saturated rings. The van der Waals surface area contributed by atoms with Gasteiger partial charge in [0.2, 0.25) is 0 Å². The molecule has 0 saturated carbocycles. The van der Waals surface area contributed by atoms with Crippen molar-refractivity contribution in [1.82, 2.24) is 10.3 Å². The summed E-state index contributed by atoms with van der Waals surface area (Å²) in [5.74, 6) is 0.473. The van der Waals surface area contributed by atoms with Gasteiger partial charge in [-0.25, -0.2) is 0 Å². The Morgan fingerprint density at radius 3 is 2.65 bits per heavy atom. The second kappa shape index (κ2) is 11.7. The first-order valence-electron chi connectivity index (χ1n) is 12.3. The Bertz CT molecular complexity index is 1270. The molecule has 0 bridgehead atoms. The van der Waals surface area contributed by atoms with Crippen molar-refractivity contribution >= 4 is 23.9 Å².